The minimum Gasteiger partial charge on any atom is -0.303 e. The van der Waals surface area contributed by atoms with Crippen molar-refractivity contribution in [1.29, 1.82) is 0 Å². The van der Waals surface area contributed by atoms with Gasteiger partial charge in [-0.3, -0.25) is 14.5 Å². The van der Waals surface area contributed by atoms with Crippen molar-refractivity contribution in [3.8, 4) is 0 Å². The summed E-state index contributed by atoms with van der Waals surface area (Å²) in [7, 11) is 3.59. The maximum atomic E-state index is 12.1. The molecule has 0 aromatic heterocycles. The van der Waals surface area contributed by atoms with Gasteiger partial charge in [-0.2, -0.15) is 5.10 Å². The van der Waals surface area contributed by atoms with E-state index in [0.29, 0.717) is 23.2 Å². The van der Waals surface area contributed by atoms with E-state index in [-0.39, 0.29) is 11.8 Å². The predicted octanol–water partition coefficient (Wildman–Crippen LogP) is 1.20. The molecule has 1 aromatic carbocycles. The topological polar surface area (TPSA) is 53.0 Å². The molecule has 1 aromatic rings. The number of nitrogens with zero attached hydrogens (tertiary/aromatic N) is 3. The van der Waals surface area contributed by atoms with Crippen molar-refractivity contribution >= 4 is 18.0 Å². The van der Waals surface area contributed by atoms with Crippen molar-refractivity contribution < 1.29 is 9.59 Å². The summed E-state index contributed by atoms with van der Waals surface area (Å²) in [6.45, 7) is 2.17. The lowest BCUT2D eigenvalue weighted by atomic mass is 10.0. The van der Waals surface area contributed by atoms with E-state index in [0.717, 1.165) is 0 Å². The van der Waals surface area contributed by atoms with Gasteiger partial charge in [0, 0.05) is 26.2 Å². The molecule has 2 rings (SSSR count). The molecular formula is C13H15N3O2. The second-order valence-electron chi connectivity index (χ2n) is 4.22. The maximum absolute atomic E-state index is 12.1. The van der Waals surface area contributed by atoms with Crippen molar-refractivity contribution in [1.82, 2.24) is 9.91 Å². The van der Waals surface area contributed by atoms with Crippen LogP contribution in [0.15, 0.2) is 23.3 Å². The van der Waals surface area contributed by atoms with Crippen LogP contribution >= 0.6 is 0 Å². The average Bonchev–Trinajstić information content (AvgIpc) is 2.59. The minimum atomic E-state index is -0.238. The molecule has 5 nitrogen and oxygen atoms in total. The number of rotatable bonds is 3. The minimum absolute atomic E-state index is 0.224. The van der Waals surface area contributed by atoms with Crippen molar-refractivity contribution in [3.63, 3.8) is 0 Å². The molecule has 0 saturated heterocycles. The molecule has 18 heavy (non-hydrogen) atoms. The fraction of sp³-hybridized carbons (Fsp3) is 0.308. The van der Waals surface area contributed by atoms with Crippen molar-refractivity contribution in [2.24, 2.45) is 5.10 Å². The van der Waals surface area contributed by atoms with E-state index in [1.165, 1.54) is 4.90 Å². The highest BCUT2D eigenvalue weighted by atomic mass is 16.2. The Morgan fingerprint density at radius 2 is 2.00 bits per heavy atom. The number of amides is 2. The third-order valence-corrected chi connectivity index (χ3v) is 2.78. The molecule has 0 fully saturated rings. The summed E-state index contributed by atoms with van der Waals surface area (Å²) in [5, 5.41) is 5.75. The molecule has 0 bridgehead atoms. The second-order valence-corrected chi connectivity index (χ2v) is 4.22. The number of hydrazone groups is 1. The molecule has 0 atom stereocenters. The van der Waals surface area contributed by atoms with E-state index in [1.54, 1.807) is 50.4 Å². The van der Waals surface area contributed by atoms with E-state index in [2.05, 4.69) is 5.10 Å². The summed E-state index contributed by atoms with van der Waals surface area (Å²) >= 11 is 0. The molecule has 0 radical (unpaired) electrons. The molecule has 5 heteroatoms. The smallest absolute Gasteiger partial charge is 0.262 e. The summed E-state index contributed by atoms with van der Waals surface area (Å²) < 4.78 is 0. The number of benzene rings is 1. The van der Waals surface area contributed by atoms with Gasteiger partial charge < -0.3 is 5.01 Å². The van der Waals surface area contributed by atoms with Gasteiger partial charge in [-0.25, -0.2) is 0 Å². The van der Waals surface area contributed by atoms with E-state index in [9.17, 15) is 9.59 Å². The third kappa shape index (κ3) is 1.88. The van der Waals surface area contributed by atoms with Crippen LogP contribution in [-0.4, -0.2) is 48.6 Å². The Labute approximate surface area is 106 Å². The lowest BCUT2D eigenvalue weighted by molar-refractivity contribution is 0.0663. The lowest BCUT2D eigenvalue weighted by Gasteiger charge is -2.09. The van der Waals surface area contributed by atoms with Gasteiger partial charge in [-0.05, 0) is 13.0 Å². The molecule has 1 heterocycles. The quantitative estimate of drug-likeness (QED) is 0.457. The first kappa shape index (κ1) is 12.3. The Morgan fingerprint density at radius 3 is 2.61 bits per heavy atom. The monoisotopic (exact) mass is 245 g/mol. The van der Waals surface area contributed by atoms with Gasteiger partial charge in [0.1, 0.15) is 0 Å². The average molecular weight is 245 g/mol. The van der Waals surface area contributed by atoms with Gasteiger partial charge >= 0.3 is 0 Å². The fourth-order valence-electron chi connectivity index (χ4n) is 1.93. The van der Waals surface area contributed by atoms with Gasteiger partial charge in [0.2, 0.25) is 0 Å². The van der Waals surface area contributed by atoms with Crippen LogP contribution in [0.5, 0.6) is 0 Å². The highest BCUT2D eigenvalue weighted by Gasteiger charge is 2.35. The zero-order valence-electron chi connectivity index (χ0n) is 10.7. The van der Waals surface area contributed by atoms with Crippen LogP contribution in [0.4, 0.5) is 0 Å². The fourth-order valence-corrected chi connectivity index (χ4v) is 1.93. The van der Waals surface area contributed by atoms with E-state index < -0.39 is 0 Å². The summed E-state index contributed by atoms with van der Waals surface area (Å²) in [5.41, 5.74) is 1.59. The molecule has 0 unspecified atom stereocenters. The molecule has 1 aliphatic heterocycles. The molecule has 0 spiro atoms. The van der Waals surface area contributed by atoms with E-state index in [1.807, 2.05) is 0 Å². The van der Waals surface area contributed by atoms with Crippen molar-refractivity contribution in [2.45, 2.75) is 6.92 Å². The zero-order chi connectivity index (χ0) is 13.3. The van der Waals surface area contributed by atoms with Gasteiger partial charge in [0.05, 0.1) is 17.3 Å². The summed E-state index contributed by atoms with van der Waals surface area (Å²) in [4.78, 5) is 25.4. The Balaban J connectivity index is 2.50. The second kappa shape index (κ2) is 4.60. The zero-order valence-corrected chi connectivity index (χ0v) is 10.7. The van der Waals surface area contributed by atoms with Gasteiger partial charge in [-0.15, -0.1) is 0 Å². The van der Waals surface area contributed by atoms with E-state index >= 15 is 0 Å². The molecule has 0 aliphatic carbocycles. The SMILES string of the molecule is CCN1C(=O)c2cccc(/C=N/N(C)C)c2C1=O. The van der Waals surface area contributed by atoms with Gasteiger partial charge in [-0.1, -0.05) is 12.1 Å². The number of hydrogen-bond acceptors (Lipinski definition) is 4. The molecule has 0 saturated carbocycles. The molecular weight excluding hydrogens is 230 g/mol. The highest BCUT2D eigenvalue weighted by molar-refractivity contribution is 6.23. The highest BCUT2D eigenvalue weighted by Crippen LogP contribution is 2.24. The number of hydrogen-bond donors (Lipinski definition) is 0. The van der Waals surface area contributed by atoms with Crippen LogP contribution in [0.1, 0.15) is 33.2 Å². The van der Waals surface area contributed by atoms with Crippen LogP contribution < -0.4 is 0 Å². The van der Waals surface area contributed by atoms with E-state index in [4.69, 9.17) is 0 Å². The largest absolute Gasteiger partial charge is 0.303 e. The molecule has 0 N–H and O–H groups in total. The molecule has 94 valence electrons. The normalized spacial score (nSPS) is 14.5. The van der Waals surface area contributed by atoms with Crippen LogP contribution in [0, 0.1) is 0 Å². The Morgan fingerprint density at radius 1 is 1.28 bits per heavy atom. The number of imide groups is 1. The number of carbonyl (C=O) groups is 2. The van der Waals surface area contributed by atoms with Crippen molar-refractivity contribution in [3.05, 3.63) is 34.9 Å². The summed E-state index contributed by atoms with van der Waals surface area (Å²) in [5.74, 6) is -0.462. The summed E-state index contributed by atoms with van der Waals surface area (Å²) in [6, 6.07) is 5.23. The third-order valence-electron chi connectivity index (χ3n) is 2.78. The first-order valence-corrected chi connectivity index (χ1v) is 5.76. The van der Waals surface area contributed by atoms with Crippen LogP contribution in [0.2, 0.25) is 0 Å². The van der Waals surface area contributed by atoms with Crippen LogP contribution in [0.3, 0.4) is 0 Å². The Hall–Kier alpha value is -2.17. The van der Waals surface area contributed by atoms with Crippen LogP contribution in [0.25, 0.3) is 0 Å². The lowest BCUT2D eigenvalue weighted by Crippen LogP contribution is -2.29. The molecule has 2 amide bonds. The first-order valence-electron chi connectivity index (χ1n) is 5.76. The molecule has 1 aliphatic rings. The number of fused-ring (bicyclic) bond motifs is 1. The maximum Gasteiger partial charge on any atom is 0.262 e. The van der Waals surface area contributed by atoms with Crippen molar-refractivity contribution in [2.75, 3.05) is 20.6 Å². The Kier molecular flexibility index (Phi) is 3.14. The first-order chi connectivity index (χ1) is 8.56. The van der Waals surface area contributed by atoms with Gasteiger partial charge in [0.15, 0.2) is 0 Å². The number of carbonyl (C=O) groups excluding carboxylic acids is 2. The van der Waals surface area contributed by atoms with Crippen LogP contribution in [-0.2, 0) is 0 Å². The summed E-state index contributed by atoms with van der Waals surface area (Å²) in [6.07, 6.45) is 1.60. The standard InChI is InChI=1S/C13H15N3O2/c1-4-16-12(17)10-7-5-6-9(8-14-15(2)3)11(10)13(16)18/h5-8H,4H2,1-3H3/b14-8+. The predicted molar refractivity (Wildman–Crippen MR) is 68.8 cm³/mol. The Bertz CT molecular complexity index is 535. The van der Waals surface area contributed by atoms with Gasteiger partial charge in [0.25, 0.3) is 11.8 Å².